The van der Waals surface area contributed by atoms with Crippen molar-refractivity contribution in [3.63, 3.8) is 0 Å². The number of methoxy groups -OCH3 is 1. The van der Waals surface area contributed by atoms with Crippen LogP contribution in [0.5, 0.6) is 5.88 Å². The van der Waals surface area contributed by atoms with Crippen LogP contribution in [0.4, 0.5) is 35.0 Å². The molecule has 0 unspecified atom stereocenters. The molecule has 0 saturated carbocycles. The van der Waals surface area contributed by atoms with E-state index < -0.39 is 50.6 Å². The maximum absolute atomic E-state index is 14.6. The summed E-state index contributed by atoms with van der Waals surface area (Å²) < 4.78 is 53.0. The molecule has 0 saturated heterocycles. The second-order valence-electron chi connectivity index (χ2n) is 10.2. The van der Waals surface area contributed by atoms with Gasteiger partial charge in [0.05, 0.1) is 34.9 Å². The molecular weight excluding hydrogens is 597 g/mol. The number of halogens is 4. The van der Waals surface area contributed by atoms with E-state index in [-0.39, 0.29) is 60.1 Å². The van der Waals surface area contributed by atoms with Crippen molar-refractivity contribution in [1.29, 1.82) is 0 Å². The van der Waals surface area contributed by atoms with Crippen LogP contribution in [-0.4, -0.2) is 51.2 Å². The third-order valence-corrected chi connectivity index (χ3v) is 6.34. The van der Waals surface area contributed by atoms with Gasteiger partial charge in [0.1, 0.15) is 17.1 Å². The minimum Gasteiger partial charge on any atom is -0.481 e. The maximum Gasteiger partial charge on any atom is 0.410 e. The van der Waals surface area contributed by atoms with Gasteiger partial charge in [0, 0.05) is 36.0 Å². The Balaban J connectivity index is 1.98. The molecule has 0 fully saturated rings. The highest BCUT2D eigenvalue weighted by Crippen LogP contribution is 2.33. The van der Waals surface area contributed by atoms with E-state index >= 15 is 0 Å². The molecule has 0 spiro atoms. The number of hydrogen-bond donors (Lipinski definition) is 2. The number of benzene rings is 2. The first-order valence-corrected chi connectivity index (χ1v) is 13.1. The van der Waals surface area contributed by atoms with Gasteiger partial charge in [0.15, 0.2) is 11.6 Å². The largest absolute Gasteiger partial charge is 0.481 e. The van der Waals surface area contributed by atoms with E-state index in [1.54, 1.807) is 20.8 Å². The van der Waals surface area contributed by atoms with Gasteiger partial charge >= 0.3 is 12.1 Å². The van der Waals surface area contributed by atoms with Crippen LogP contribution in [0.3, 0.4) is 0 Å². The lowest BCUT2D eigenvalue weighted by molar-refractivity contribution is -0.386. The molecule has 1 aromatic heterocycles. The van der Waals surface area contributed by atoms with E-state index in [0.29, 0.717) is 12.1 Å². The minimum absolute atomic E-state index is 0.00133. The summed E-state index contributed by atoms with van der Waals surface area (Å²) in [5, 5.41) is 23.2. The smallest absolute Gasteiger partial charge is 0.410 e. The Kier molecular flexibility index (Phi) is 10.4. The van der Waals surface area contributed by atoms with Crippen molar-refractivity contribution in [3.05, 3.63) is 85.8 Å². The van der Waals surface area contributed by atoms with Crippen LogP contribution in [-0.2, 0) is 17.7 Å². The first kappa shape index (κ1) is 32.9. The third kappa shape index (κ3) is 8.47. The van der Waals surface area contributed by atoms with E-state index in [1.807, 2.05) is 0 Å². The number of ether oxygens (including phenoxy) is 2. The van der Waals surface area contributed by atoms with Crippen molar-refractivity contribution in [2.24, 2.45) is 0 Å². The molecule has 0 atom stereocenters. The Hall–Kier alpha value is -4.59. The average molecular weight is 625 g/mol. The highest BCUT2D eigenvalue weighted by Gasteiger charge is 2.26. The fraction of sp³-hybridized carbons (Fsp3) is 0.321. The number of amides is 1. The van der Waals surface area contributed by atoms with Gasteiger partial charge in [0.25, 0.3) is 5.69 Å². The summed E-state index contributed by atoms with van der Waals surface area (Å²) >= 11 is 6.28. The number of hydrogen-bond acceptors (Lipinski definition) is 8. The van der Waals surface area contributed by atoms with E-state index in [0.717, 1.165) is 6.07 Å². The molecule has 3 rings (SSSR count). The van der Waals surface area contributed by atoms with Crippen molar-refractivity contribution in [3.8, 4) is 5.88 Å². The lowest BCUT2D eigenvalue weighted by Gasteiger charge is -2.28. The molecule has 1 amide bonds. The number of carboxylic acid groups (broad SMARTS) is 1. The number of carbonyl (C=O) groups excluding carboxylic acids is 1. The van der Waals surface area contributed by atoms with E-state index in [4.69, 9.17) is 21.1 Å². The maximum atomic E-state index is 14.6. The molecule has 2 aromatic carbocycles. The fourth-order valence-corrected chi connectivity index (χ4v) is 4.19. The van der Waals surface area contributed by atoms with Crippen LogP contribution in [0.15, 0.2) is 36.4 Å². The van der Waals surface area contributed by atoms with Crippen LogP contribution in [0.1, 0.15) is 48.8 Å². The number of carboxylic acids is 1. The topological polar surface area (TPSA) is 144 Å². The van der Waals surface area contributed by atoms with Crippen molar-refractivity contribution < 1.29 is 42.3 Å². The van der Waals surface area contributed by atoms with Gasteiger partial charge in [-0.3, -0.25) is 10.1 Å². The molecule has 0 radical (unpaired) electrons. The summed E-state index contributed by atoms with van der Waals surface area (Å²) in [4.78, 5) is 41.1. The molecule has 3 aromatic rings. The number of nitrogens with zero attached hydrogens (tertiary/aromatic N) is 3. The fourth-order valence-electron chi connectivity index (χ4n) is 3.96. The quantitative estimate of drug-likeness (QED) is 0.172. The third-order valence-electron chi connectivity index (χ3n) is 5.93. The number of aromatic carboxylic acids is 1. The number of nitro groups is 1. The molecule has 11 nitrogen and oxygen atoms in total. The predicted molar refractivity (Wildman–Crippen MR) is 150 cm³/mol. The number of carbonyl (C=O) groups is 2. The van der Waals surface area contributed by atoms with Crippen molar-refractivity contribution in [1.82, 2.24) is 9.88 Å². The van der Waals surface area contributed by atoms with Gasteiger partial charge < -0.3 is 24.8 Å². The Labute approximate surface area is 249 Å². The number of aromatic nitrogens is 1. The molecule has 2 N–H and O–H groups in total. The first-order valence-electron chi connectivity index (χ1n) is 12.7. The minimum atomic E-state index is -1.56. The number of nitrogens with one attached hydrogen (secondary N) is 1. The number of anilines is 2. The van der Waals surface area contributed by atoms with Crippen molar-refractivity contribution in [2.75, 3.05) is 19.0 Å². The van der Waals surface area contributed by atoms with Crippen LogP contribution in [0, 0.1) is 27.6 Å². The van der Waals surface area contributed by atoms with Gasteiger partial charge in [-0.25, -0.2) is 27.7 Å². The monoisotopic (exact) mass is 624 g/mol. The van der Waals surface area contributed by atoms with Crippen molar-refractivity contribution >= 4 is 40.7 Å². The zero-order valence-electron chi connectivity index (χ0n) is 23.5. The standard InChI is InChI=1S/C28H28ClF3N4O7/c1-28(2,3)43-27(39)35(11-5-6-21-23(36(40)41)9-10-24(34-21)42-4)14-16-20(8-7-17(30)25(16)29)33-22-13-19(32)18(31)12-15(22)26(37)38/h7-10,12-13,33H,5-6,11,14H2,1-4H3,(H,37,38). The second kappa shape index (κ2) is 13.6. The zero-order valence-corrected chi connectivity index (χ0v) is 24.3. The van der Waals surface area contributed by atoms with Crippen molar-refractivity contribution in [2.45, 2.75) is 45.8 Å². The highest BCUT2D eigenvalue weighted by atomic mass is 35.5. The molecular formula is C28H28ClF3N4O7. The Morgan fingerprint density at radius 3 is 2.37 bits per heavy atom. The SMILES string of the molecule is COc1ccc([N+](=O)[O-])c(CCCN(Cc2c(Nc3cc(F)c(F)cc3C(=O)O)ccc(F)c2Cl)C(=O)OC(C)(C)C)n1. The van der Waals surface area contributed by atoms with Crippen LogP contribution >= 0.6 is 11.6 Å². The number of pyridine rings is 1. The average Bonchev–Trinajstić information content (AvgIpc) is 2.92. The van der Waals surface area contributed by atoms with Gasteiger partial charge in [-0.1, -0.05) is 11.6 Å². The molecule has 43 heavy (non-hydrogen) atoms. The lowest BCUT2D eigenvalue weighted by Crippen LogP contribution is -2.37. The highest BCUT2D eigenvalue weighted by molar-refractivity contribution is 6.32. The summed E-state index contributed by atoms with van der Waals surface area (Å²) in [6.07, 6.45) is -0.639. The van der Waals surface area contributed by atoms with Crippen LogP contribution < -0.4 is 10.1 Å². The second-order valence-corrected chi connectivity index (χ2v) is 10.6. The Bertz CT molecular complexity index is 1550. The molecule has 0 aliphatic rings. The van der Waals surface area contributed by atoms with Gasteiger partial charge in [-0.15, -0.1) is 0 Å². The number of rotatable bonds is 11. The van der Waals surface area contributed by atoms with Crippen LogP contribution in [0.2, 0.25) is 5.02 Å². The molecule has 0 aliphatic carbocycles. The normalized spacial score (nSPS) is 11.2. The van der Waals surface area contributed by atoms with E-state index in [9.17, 15) is 38.0 Å². The van der Waals surface area contributed by atoms with E-state index in [1.165, 1.54) is 30.2 Å². The summed E-state index contributed by atoms with van der Waals surface area (Å²) in [5.41, 5.74) is -2.06. The lowest BCUT2D eigenvalue weighted by atomic mass is 10.1. The Morgan fingerprint density at radius 1 is 1.09 bits per heavy atom. The Morgan fingerprint density at radius 2 is 1.77 bits per heavy atom. The zero-order chi connectivity index (χ0) is 32.1. The molecule has 15 heteroatoms. The van der Waals surface area contributed by atoms with Gasteiger partial charge in [-0.2, -0.15) is 0 Å². The van der Waals surface area contributed by atoms with Gasteiger partial charge in [0.2, 0.25) is 5.88 Å². The summed E-state index contributed by atoms with van der Waals surface area (Å²) in [7, 11) is 1.36. The molecule has 1 heterocycles. The molecule has 0 bridgehead atoms. The molecule has 230 valence electrons. The summed E-state index contributed by atoms with van der Waals surface area (Å²) in [6, 6.07) is 5.88. The summed E-state index contributed by atoms with van der Waals surface area (Å²) in [5.74, 6) is -5.00. The van der Waals surface area contributed by atoms with Crippen LogP contribution in [0.25, 0.3) is 0 Å². The van der Waals surface area contributed by atoms with Gasteiger partial charge in [-0.05, 0) is 51.8 Å². The summed E-state index contributed by atoms with van der Waals surface area (Å²) in [6.45, 7) is 4.44. The molecule has 0 aliphatic heterocycles. The predicted octanol–water partition coefficient (Wildman–Crippen LogP) is 6.88. The van der Waals surface area contributed by atoms with E-state index in [2.05, 4.69) is 10.3 Å². The number of aryl methyl sites for hydroxylation is 1. The first-order chi connectivity index (χ1) is 20.1.